The van der Waals surface area contributed by atoms with Gasteiger partial charge in [-0.25, -0.2) is 4.57 Å². The first kappa shape index (κ1) is 69.8. The molecule has 0 aliphatic carbocycles. The zero-order chi connectivity index (χ0) is 54.5. The molecule has 0 heterocycles. The van der Waals surface area contributed by atoms with Crippen LogP contribution in [-0.2, 0) is 32.7 Å². The van der Waals surface area contributed by atoms with Gasteiger partial charge in [0.15, 0.2) is 6.10 Å². The summed E-state index contributed by atoms with van der Waals surface area (Å²) in [7, 11) is -4.43. The minimum atomic E-state index is -4.43. The molecule has 0 saturated heterocycles. The number of ether oxygens (including phenoxy) is 2. The number of phosphoric acid groups is 1. The Balaban J connectivity index is 4.25. The quantitative estimate of drug-likeness (QED) is 0.0264. The standard InChI is InChI=1S/C65H98NO8P/c1-3-5-7-9-11-13-15-17-19-21-23-25-27-28-29-30-31-32-33-34-36-38-40-42-44-46-48-50-52-54-56-58-65(68)74-63(62-73-75(69,70)72-60-59-66)61-71-64(67)57-55-53-51-49-47-45-43-41-39-37-35-26-24-22-20-18-16-14-12-10-8-6-4-2/h5-8,11-14,17-20,23-26,28-29,31-32,34,36-37,39-40,42-43,45-46,48-49,51,63H,3-4,9-10,15-16,21-22,27,30,33,35,38,41,44,47,50,52-62,66H2,1-2H3,(H,69,70)/b7-5-,8-6-,13-11-,14-12-,19-17-,20-18-,25-23-,26-24-,29-28-,32-31-,36-34-,39-37-,42-40-,45-43-,48-46-,51-49-. The van der Waals surface area contributed by atoms with Crippen LogP contribution >= 0.6 is 7.82 Å². The number of allylic oxidation sites excluding steroid dienone is 32. The Morgan fingerprint density at radius 3 is 1.04 bits per heavy atom. The average molecular weight is 1050 g/mol. The number of hydrogen-bond donors (Lipinski definition) is 2. The average Bonchev–Trinajstić information content (AvgIpc) is 3.40. The normalized spacial score (nSPS) is 14.6. The zero-order valence-electron chi connectivity index (χ0n) is 46.2. The van der Waals surface area contributed by atoms with Crippen molar-refractivity contribution < 1.29 is 37.6 Å². The maximum absolute atomic E-state index is 12.7. The van der Waals surface area contributed by atoms with E-state index in [0.29, 0.717) is 19.3 Å². The van der Waals surface area contributed by atoms with Gasteiger partial charge in [-0.15, -0.1) is 0 Å². The number of rotatable bonds is 49. The molecule has 0 aromatic heterocycles. The molecule has 0 radical (unpaired) electrons. The summed E-state index contributed by atoms with van der Waals surface area (Å²) in [6.07, 6.45) is 89.1. The van der Waals surface area contributed by atoms with Crippen LogP contribution in [0.3, 0.4) is 0 Å². The molecule has 10 heteroatoms. The monoisotopic (exact) mass is 1050 g/mol. The Labute approximate surface area is 456 Å². The summed E-state index contributed by atoms with van der Waals surface area (Å²) in [5.41, 5.74) is 5.37. The lowest BCUT2D eigenvalue weighted by Crippen LogP contribution is -2.29. The summed E-state index contributed by atoms with van der Waals surface area (Å²) >= 11 is 0. The summed E-state index contributed by atoms with van der Waals surface area (Å²) in [4.78, 5) is 35.1. The van der Waals surface area contributed by atoms with Crippen molar-refractivity contribution in [3.8, 4) is 0 Å². The molecule has 3 N–H and O–H groups in total. The SMILES string of the molecule is CC/C=C\C/C=C\C/C=C\C/C=C\C/C=C\C/C=C\C/C=C\C/C=C\C/C=C\CCCCCC(=O)OC(COC(=O)CCC/C=C\C/C=C\C/C=C\C/C=C\C/C=C\C/C=C\C/C=C\CC)COP(=O)(O)OCCN. The Kier molecular flexibility index (Phi) is 54.1. The summed E-state index contributed by atoms with van der Waals surface area (Å²) in [6, 6.07) is 0. The molecule has 9 nitrogen and oxygen atoms in total. The van der Waals surface area contributed by atoms with Gasteiger partial charge >= 0.3 is 19.8 Å². The van der Waals surface area contributed by atoms with Crippen molar-refractivity contribution in [2.24, 2.45) is 5.73 Å². The first-order valence-corrected chi connectivity index (χ1v) is 29.4. The van der Waals surface area contributed by atoms with Gasteiger partial charge in [-0.05, 0) is 135 Å². The van der Waals surface area contributed by atoms with E-state index in [2.05, 4.69) is 202 Å². The molecule has 0 fully saturated rings. The number of phosphoric ester groups is 1. The van der Waals surface area contributed by atoms with Gasteiger partial charge < -0.3 is 20.1 Å². The highest BCUT2D eigenvalue weighted by atomic mass is 31.2. The molecule has 0 spiro atoms. The Bertz CT molecular complexity index is 1920. The van der Waals surface area contributed by atoms with Gasteiger partial charge in [-0.3, -0.25) is 18.6 Å². The van der Waals surface area contributed by atoms with Crippen molar-refractivity contribution in [2.75, 3.05) is 26.4 Å². The summed E-state index contributed by atoms with van der Waals surface area (Å²) in [6.45, 7) is 3.36. The molecule has 0 aromatic carbocycles. The van der Waals surface area contributed by atoms with E-state index in [4.69, 9.17) is 24.3 Å². The van der Waals surface area contributed by atoms with E-state index in [0.717, 1.165) is 122 Å². The van der Waals surface area contributed by atoms with Crippen molar-refractivity contribution in [3.05, 3.63) is 194 Å². The molecule has 0 aliphatic heterocycles. The smallest absolute Gasteiger partial charge is 0.462 e. The second-order valence-electron chi connectivity index (χ2n) is 17.3. The Morgan fingerprint density at radius 1 is 0.400 bits per heavy atom. The summed E-state index contributed by atoms with van der Waals surface area (Å²) in [5.74, 6) is -0.958. The molecule has 0 rings (SSSR count). The second-order valence-corrected chi connectivity index (χ2v) is 18.8. The third-order valence-electron chi connectivity index (χ3n) is 10.5. The van der Waals surface area contributed by atoms with Gasteiger partial charge in [0.1, 0.15) is 6.61 Å². The van der Waals surface area contributed by atoms with Crippen molar-refractivity contribution in [2.45, 2.75) is 174 Å². The van der Waals surface area contributed by atoms with Crippen molar-refractivity contribution in [3.63, 3.8) is 0 Å². The number of unbranched alkanes of at least 4 members (excludes halogenated alkanes) is 4. The largest absolute Gasteiger partial charge is 0.472 e. The predicted octanol–water partition coefficient (Wildman–Crippen LogP) is 17.8. The van der Waals surface area contributed by atoms with Crippen molar-refractivity contribution in [1.82, 2.24) is 0 Å². The fourth-order valence-corrected chi connectivity index (χ4v) is 7.20. The molecule has 0 saturated carbocycles. The Morgan fingerprint density at radius 2 is 0.707 bits per heavy atom. The lowest BCUT2D eigenvalue weighted by Gasteiger charge is -2.19. The van der Waals surface area contributed by atoms with E-state index in [1.165, 1.54) is 0 Å². The van der Waals surface area contributed by atoms with Crippen LogP contribution in [0.25, 0.3) is 0 Å². The molecule has 0 aliphatic rings. The van der Waals surface area contributed by atoms with Gasteiger partial charge in [0.25, 0.3) is 0 Å². The predicted molar refractivity (Wildman–Crippen MR) is 320 cm³/mol. The van der Waals surface area contributed by atoms with E-state index in [1.807, 2.05) is 6.08 Å². The fourth-order valence-electron chi connectivity index (χ4n) is 6.44. The van der Waals surface area contributed by atoms with Crippen LogP contribution in [0.15, 0.2) is 194 Å². The maximum atomic E-state index is 12.7. The molecule has 0 aromatic rings. The number of hydrogen-bond acceptors (Lipinski definition) is 8. The van der Waals surface area contributed by atoms with Crippen LogP contribution in [0.5, 0.6) is 0 Å². The highest BCUT2D eigenvalue weighted by Crippen LogP contribution is 2.43. The Hall–Kier alpha value is -5.15. The van der Waals surface area contributed by atoms with E-state index >= 15 is 0 Å². The van der Waals surface area contributed by atoms with E-state index in [1.54, 1.807) is 0 Å². The molecule has 2 unspecified atom stereocenters. The highest BCUT2D eigenvalue weighted by molar-refractivity contribution is 7.47. The zero-order valence-corrected chi connectivity index (χ0v) is 47.1. The number of carbonyl (C=O) groups is 2. The summed E-state index contributed by atoms with van der Waals surface area (Å²) in [5, 5.41) is 0. The first-order chi connectivity index (χ1) is 36.8. The lowest BCUT2D eigenvalue weighted by molar-refractivity contribution is -0.161. The van der Waals surface area contributed by atoms with Gasteiger partial charge in [0.05, 0.1) is 13.2 Å². The minimum absolute atomic E-state index is 0.0274. The molecular formula is C65H98NO8P. The van der Waals surface area contributed by atoms with E-state index in [-0.39, 0.29) is 32.6 Å². The molecule has 75 heavy (non-hydrogen) atoms. The van der Waals surface area contributed by atoms with Crippen LogP contribution in [0.1, 0.15) is 168 Å². The first-order valence-electron chi connectivity index (χ1n) is 27.9. The van der Waals surface area contributed by atoms with Gasteiger partial charge in [0, 0.05) is 19.4 Å². The van der Waals surface area contributed by atoms with Crippen LogP contribution in [0, 0.1) is 0 Å². The number of esters is 2. The topological polar surface area (TPSA) is 134 Å². The number of carbonyl (C=O) groups excluding carboxylic acids is 2. The third-order valence-corrected chi connectivity index (χ3v) is 11.5. The molecular weight excluding hydrogens is 954 g/mol. The van der Waals surface area contributed by atoms with Gasteiger partial charge in [0.2, 0.25) is 0 Å². The maximum Gasteiger partial charge on any atom is 0.472 e. The third kappa shape index (κ3) is 58.0. The van der Waals surface area contributed by atoms with Crippen LogP contribution < -0.4 is 5.73 Å². The van der Waals surface area contributed by atoms with E-state index < -0.39 is 32.5 Å². The van der Waals surface area contributed by atoms with Gasteiger partial charge in [-0.1, -0.05) is 215 Å². The van der Waals surface area contributed by atoms with Crippen LogP contribution in [0.4, 0.5) is 0 Å². The molecule has 0 amide bonds. The van der Waals surface area contributed by atoms with Crippen molar-refractivity contribution in [1.29, 1.82) is 0 Å². The van der Waals surface area contributed by atoms with Crippen LogP contribution in [0.2, 0.25) is 0 Å². The van der Waals surface area contributed by atoms with Crippen molar-refractivity contribution >= 4 is 19.8 Å². The second kappa shape index (κ2) is 58.1. The molecule has 2 atom stereocenters. The molecule has 0 bridgehead atoms. The minimum Gasteiger partial charge on any atom is -0.462 e. The van der Waals surface area contributed by atoms with Crippen LogP contribution in [-0.4, -0.2) is 49.3 Å². The van der Waals surface area contributed by atoms with Gasteiger partial charge in [-0.2, -0.15) is 0 Å². The molecule has 416 valence electrons. The number of nitrogens with two attached hydrogens (primary N) is 1. The highest BCUT2D eigenvalue weighted by Gasteiger charge is 2.26. The lowest BCUT2D eigenvalue weighted by atomic mass is 10.1. The summed E-state index contributed by atoms with van der Waals surface area (Å²) < 4.78 is 32.9. The van der Waals surface area contributed by atoms with E-state index in [9.17, 15) is 19.0 Å². The fraction of sp³-hybridized carbons (Fsp3) is 0.477.